The number of anilines is 1. The van der Waals surface area contributed by atoms with Crippen molar-refractivity contribution in [1.82, 2.24) is 0 Å². The topological polar surface area (TPSA) is 73.9 Å². The zero-order valence-electron chi connectivity index (χ0n) is 20.6. The molecule has 0 spiro atoms. The number of hydrogen-bond acceptors (Lipinski definition) is 6. The number of benzene rings is 2. The van der Waals surface area contributed by atoms with Gasteiger partial charge in [0.05, 0.1) is 13.2 Å². The predicted octanol–water partition coefficient (Wildman–Crippen LogP) is 7.20. The molecular weight excluding hydrogens is 530 g/mol. The van der Waals surface area contributed by atoms with E-state index in [2.05, 4.69) is 35.1 Å². The normalized spacial score (nSPS) is 10.8. The third-order valence-electron chi connectivity index (χ3n) is 5.27. The minimum absolute atomic E-state index is 0.181. The van der Waals surface area contributed by atoms with Crippen LogP contribution in [0.5, 0.6) is 11.5 Å². The lowest BCUT2D eigenvalue weighted by molar-refractivity contribution is -0.118. The molecule has 35 heavy (non-hydrogen) atoms. The van der Waals surface area contributed by atoms with Crippen LogP contribution in [-0.4, -0.2) is 31.7 Å². The molecule has 0 unspecified atom stereocenters. The van der Waals surface area contributed by atoms with Gasteiger partial charge in [-0.1, -0.05) is 41.9 Å². The number of thiophene rings is 1. The first-order valence-corrected chi connectivity index (χ1v) is 13.2. The smallest absolute Gasteiger partial charge is 0.341 e. The first kappa shape index (κ1) is 26.8. The van der Waals surface area contributed by atoms with Crippen molar-refractivity contribution >= 4 is 44.1 Å². The Kier molecular flexibility index (Phi) is 9.34. The molecule has 3 rings (SSSR count). The molecule has 8 heteroatoms. The largest absolute Gasteiger partial charge is 0.494 e. The Labute approximate surface area is 218 Å². The van der Waals surface area contributed by atoms with E-state index in [1.54, 1.807) is 6.92 Å². The second kappa shape index (κ2) is 12.2. The zero-order chi connectivity index (χ0) is 25.5. The standard InChI is InChI=1S/C27H30BrNO5S/c1-6-32-19-10-8-18(9-11-19)21-15-35-26(25(21)27(31)33-7-2)29-24(30)14-34-23-12-17(5)22(28)13-20(23)16(3)4/h8-13,15-16H,6-7,14H2,1-5H3,(H,29,30). The van der Waals surface area contributed by atoms with Crippen molar-refractivity contribution in [2.24, 2.45) is 0 Å². The molecule has 0 atom stereocenters. The van der Waals surface area contributed by atoms with Crippen molar-refractivity contribution in [2.45, 2.75) is 40.5 Å². The zero-order valence-corrected chi connectivity index (χ0v) is 23.0. The number of amides is 1. The van der Waals surface area contributed by atoms with Gasteiger partial charge < -0.3 is 19.5 Å². The van der Waals surface area contributed by atoms with E-state index < -0.39 is 5.97 Å². The molecule has 2 aromatic carbocycles. The highest BCUT2D eigenvalue weighted by Crippen LogP contribution is 2.37. The van der Waals surface area contributed by atoms with Crippen molar-refractivity contribution < 1.29 is 23.8 Å². The molecule has 0 aliphatic rings. The average Bonchev–Trinajstić information content (AvgIpc) is 3.23. The number of rotatable bonds is 10. The summed E-state index contributed by atoms with van der Waals surface area (Å²) >= 11 is 4.83. The molecule has 0 bridgehead atoms. The van der Waals surface area contributed by atoms with E-state index in [4.69, 9.17) is 14.2 Å². The Morgan fingerprint density at radius 2 is 1.77 bits per heavy atom. The summed E-state index contributed by atoms with van der Waals surface area (Å²) in [6, 6.07) is 11.4. The third kappa shape index (κ3) is 6.64. The van der Waals surface area contributed by atoms with Gasteiger partial charge >= 0.3 is 5.97 Å². The van der Waals surface area contributed by atoms with Gasteiger partial charge in [0, 0.05) is 15.4 Å². The lowest BCUT2D eigenvalue weighted by Crippen LogP contribution is -2.21. The van der Waals surface area contributed by atoms with Crippen molar-refractivity contribution in [3.63, 3.8) is 0 Å². The van der Waals surface area contributed by atoms with Crippen molar-refractivity contribution in [1.29, 1.82) is 0 Å². The van der Waals surface area contributed by atoms with Crippen LogP contribution < -0.4 is 14.8 Å². The Hall–Kier alpha value is -2.84. The SMILES string of the molecule is CCOC(=O)c1c(-c2ccc(OCC)cc2)csc1NC(=O)COc1cc(C)c(Br)cc1C(C)C. The lowest BCUT2D eigenvalue weighted by atomic mass is 10.0. The number of aryl methyl sites for hydroxylation is 1. The summed E-state index contributed by atoms with van der Waals surface area (Å²) < 4.78 is 17.7. The second-order valence-corrected chi connectivity index (χ2v) is 9.90. The minimum Gasteiger partial charge on any atom is -0.494 e. The van der Waals surface area contributed by atoms with Crippen LogP contribution in [0, 0.1) is 6.92 Å². The van der Waals surface area contributed by atoms with Crippen molar-refractivity contribution in [3.8, 4) is 22.6 Å². The lowest BCUT2D eigenvalue weighted by Gasteiger charge is -2.16. The van der Waals surface area contributed by atoms with Gasteiger partial charge in [-0.3, -0.25) is 4.79 Å². The highest BCUT2D eigenvalue weighted by atomic mass is 79.9. The van der Waals surface area contributed by atoms with E-state index in [9.17, 15) is 9.59 Å². The van der Waals surface area contributed by atoms with Crippen molar-refractivity contribution in [3.05, 3.63) is 62.9 Å². The minimum atomic E-state index is -0.487. The van der Waals surface area contributed by atoms with Crippen LogP contribution >= 0.6 is 27.3 Å². The van der Waals surface area contributed by atoms with E-state index in [-0.39, 0.29) is 25.0 Å². The molecule has 0 radical (unpaired) electrons. The summed E-state index contributed by atoms with van der Waals surface area (Å²) in [6.45, 7) is 10.4. The Morgan fingerprint density at radius 3 is 2.40 bits per heavy atom. The number of nitrogens with one attached hydrogen (secondary N) is 1. The van der Waals surface area contributed by atoms with Gasteiger partial charge in [-0.25, -0.2) is 4.79 Å². The van der Waals surface area contributed by atoms with Crippen molar-refractivity contribution in [2.75, 3.05) is 25.1 Å². The maximum Gasteiger partial charge on any atom is 0.341 e. The Morgan fingerprint density at radius 1 is 1.06 bits per heavy atom. The van der Waals surface area contributed by atoms with Crippen LogP contribution in [0.25, 0.3) is 11.1 Å². The van der Waals surface area contributed by atoms with Gasteiger partial charge in [0.1, 0.15) is 22.1 Å². The molecule has 1 amide bonds. The monoisotopic (exact) mass is 559 g/mol. The first-order valence-electron chi connectivity index (χ1n) is 11.5. The molecule has 1 aromatic heterocycles. The number of hydrogen-bond donors (Lipinski definition) is 1. The van der Waals surface area contributed by atoms with Crippen LogP contribution in [0.15, 0.2) is 46.3 Å². The number of carbonyl (C=O) groups is 2. The highest BCUT2D eigenvalue weighted by Gasteiger charge is 2.23. The summed E-state index contributed by atoms with van der Waals surface area (Å²) in [7, 11) is 0. The van der Waals surface area contributed by atoms with Gasteiger partial charge in [-0.15, -0.1) is 11.3 Å². The molecule has 1 N–H and O–H groups in total. The number of esters is 1. The van der Waals surface area contributed by atoms with Crippen LogP contribution in [0.2, 0.25) is 0 Å². The maximum atomic E-state index is 12.8. The fourth-order valence-corrected chi connectivity index (χ4v) is 4.85. The molecule has 3 aromatic rings. The quantitative estimate of drug-likeness (QED) is 0.266. The van der Waals surface area contributed by atoms with Crippen LogP contribution in [-0.2, 0) is 9.53 Å². The summed E-state index contributed by atoms with van der Waals surface area (Å²) in [5.74, 6) is 0.807. The number of carbonyl (C=O) groups excluding carboxylic acids is 2. The molecule has 0 aliphatic carbocycles. The molecule has 0 aliphatic heterocycles. The predicted molar refractivity (Wildman–Crippen MR) is 144 cm³/mol. The van der Waals surface area contributed by atoms with Gasteiger partial charge in [0.15, 0.2) is 6.61 Å². The molecule has 0 saturated heterocycles. The van der Waals surface area contributed by atoms with E-state index >= 15 is 0 Å². The van der Waals surface area contributed by atoms with Crippen LogP contribution in [0.4, 0.5) is 5.00 Å². The van der Waals surface area contributed by atoms with Crippen LogP contribution in [0.1, 0.15) is 55.1 Å². The second-order valence-electron chi connectivity index (χ2n) is 8.16. The Balaban J connectivity index is 1.81. The fourth-order valence-electron chi connectivity index (χ4n) is 3.52. The van der Waals surface area contributed by atoms with E-state index in [1.165, 1.54) is 11.3 Å². The average molecular weight is 561 g/mol. The number of halogens is 1. The maximum absolute atomic E-state index is 12.8. The third-order valence-corrected chi connectivity index (χ3v) is 7.02. The molecule has 186 valence electrons. The first-order chi connectivity index (χ1) is 16.7. The van der Waals surface area contributed by atoms with E-state index in [0.29, 0.717) is 28.5 Å². The summed E-state index contributed by atoms with van der Waals surface area (Å²) in [5, 5.41) is 5.10. The van der Waals surface area contributed by atoms with Gasteiger partial charge in [-0.05, 0) is 67.6 Å². The van der Waals surface area contributed by atoms with E-state index in [0.717, 1.165) is 26.9 Å². The molecule has 0 fully saturated rings. The Bertz CT molecular complexity index is 1190. The summed E-state index contributed by atoms with van der Waals surface area (Å²) in [6.07, 6.45) is 0. The summed E-state index contributed by atoms with van der Waals surface area (Å²) in [4.78, 5) is 25.6. The summed E-state index contributed by atoms with van der Waals surface area (Å²) in [5.41, 5.74) is 3.88. The fraction of sp³-hybridized carbons (Fsp3) is 0.333. The van der Waals surface area contributed by atoms with Gasteiger partial charge in [-0.2, -0.15) is 0 Å². The van der Waals surface area contributed by atoms with Gasteiger partial charge in [0.2, 0.25) is 0 Å². The number of ether oxygens (including phenoxy) is 3. The molecule has 1 heterocycles. The van der Waals surface area contributed by atoms with E-state index in [1.807, 2.05) is 55.6 Å². The molecule has 0 saturated carbocycles. The van der Waals surface area contributed by atoms with Crippen LogP contribution in [0.3, 0.4) is 0 Å². The van der Waals surface area contributed by atoms with Gasteiger partial charge in [0.25, 0.3) is 5.91 Å². The molecule has 6 nitrogen and oxygen atoms in total. The highest BCUT2D eigenvalue weighted by molar-refractivity contribution is 9.10. The molecular formula is C27H30BrNO5S.